The van der Waals surface area contributed by atoms with Gasteiger partial charge in [-0.3, -0.25) is 0 Å². The topological polar surface area (TPSA) is 0 Å². The van der Waals surface area contributed by atoms with Crippen LogP contribution in [0.3, 0.4) is 0 Å². The lowest BCUT2D eigenvalue weighted by Crippen LogP contribution is -2.38. The predicted octanol–water partition coefficient (Wildman–Crippen LogP) is 6.77. The lowest BCUT2D eigenvalue weighted by molar-refractivity contribution is 0.724. The molecule has 0 aliphatic heterocycles. The van der Waals surface area contributed by atoms with Crippen LogP contribution in [-0.2, 0) is 0 Å². The second kappa shape index (κ2) is 10.4. The summed E-state index contributed by atoms with van der Waals surface area (Å²) in [6.07, 6.45) is 2.29. The van der Waals surface area contributed by atoms with Gasteiger partial charge in [0, 0.05) is 4.90 Å². The van der Waals surface area contributed by atoms with Gasteiger partial charge in [-0.2, -0.15) is 0 Å². The van der Waals surface area contributed by atoms with E-state index in [-0.39, 0.29) is 4.90 Å². The maximum atomic E-state index is 2.41. The van der Waals surface area contributed by atoms with Crippen LogP contribution in [0.25, 0.3) is 0 Å². The highest BCUT2D eigenvalue weighted by Gasteiger charge is 2.45. The van der Waals surface area contributed by atoms with E-state index in [2.05, 4.69) is 135 Å². The molecule has 0 N–H and O–H groups in total. The molecule has 0 nitrogen and oxygen atoms in total. The van der Waals surface area contributed by atoms with Gasteiger partial charge < -0.3 is 0 Å². The fourth-order valence-electron chi connectivity index (χ4n) is 4.55. The molecule has 31 heavy (non-hydrogen) atoms. The van der Waals surface area contributed by atoms with E-state index in [1.54, 1.807) is 0 Å². The Morgan fingerprint density at radius 2 is 0.645 bits per heavy atom. The van der Waals surface area contributed by atoms with E-state index in [0.29, 0.717) is 0 Å². The van der Waals surface area contributed by atoms with Gasteiger partial charge in [-0.1, -0.05) is 135 Å². The molecule has 0 atom stereocenters. The van der Waals surface area contributed by atoms with Gasteiger partial charge in [-0.25, -0.2) is 0 Å². The zero-order valence-electron chi connectivity index (χ0n) is 18.4. The number of rotatable bonds is 8. The van der Waals surface area contributed by atoms with Gasteiger partial charge in [0.15, 0.2) is 0 Å². The summed E-state index contributed by atoms with van der Waals surface area (Å²) < 4.78 is 0. The molecule has 0 spiro atoms. The molecule has 0 amide bonds. The van der Waals surface area contributed by atoms with Gasteiger partial charge in [0.2, 0.25) is 0 Å². The molecule has 0 bridgehead atoms. The van der Waals surface area contributed by atoms with Crippen LogP contribution in [0.1, 0.15) is 26.7 Å². The first-order valence-corrected chi connectivity index (χ1v) is 13.8. The summed E-state index contributed by atoms with van der Waals surface area (Å²) in [6, 6.07) is 45.0. The van der Waals surface area contributed by atoms with E-state index in [4.69, 9.17) is 0 Å². The van der Waals surface area contributed by atoms with Crippen molar-refractivity contribution in [1.29, 1.82) is 0 Å². The summed E-state index contributed by atoms with van der Waals surface area (Å²) in [5.41, 5.74) is 0. The molecule has 0 aromatic heterocycles. The molecule has 0 saturated heterocycles. The normalized spacial score (nSPS) is 11.7. The minimum atomic E-state index is -0.557. The largest absolute Gasteiger partial charge is 0.0641 e. The van der Waals surface area contributed by atoms with Gasteiger partial charge in [0.05, 0.1) is 0 Å². The molecule has 2 heteroatoms. The highest BCUT2D eigenvalue weighted by Crippen LogP contribution is 2.68. The Labute approximate surface area is 189 Å². The Hall–Kier alpha value is -2.26. The highest BCUT2D eigenvalue weighted by molar-refractivity contribution is 7.90. The minimum absolute atomic E-state index is 0.163. The van der Waals surface area contributed by atoms with E-state index < -0.39 is 15.8 Å². The van der Waals surface area contributed by atoms with Crippen LogP contribution in [0.4, 0.5) is 0 Å². The van der Waals surface area contributed by atoms with Crippen molar-refractivity contribution < 1.29 is 0 Å². The summed E-state index contributed by atoms with van der Waals surface area (Å²) in [7, 11) is -1.11. The van der Waals surface area contributed by atoms with Crippen LogP contribution in [0.5, 0.6) is 0 Å². The highest BCUT2D eigenvalue weighted by atomic mass is 31.2. The molecule has 4 rings (SSSR count). The minimum Gasteiger partial charge on any atom is -0.0641 e. The van der Waals surface area contributed by atoms with Crippen molar-refractivity contribution in [3.8, 4) is 0 Å². The van der Waals surface area contributed by atoms with E-state index in [1.807, 2.05) is 0 Å². The summed E-state index contributed by atoms with van der Waals surface area (Å²) in [5, 5.41) is 5.91. The quantitative estimate of drug-likeness (QED) is 0.265. The van der Waals surface area contributed by atoms with Crippen molar-refractivity contribution in [3.05, 3.63) is 121 Å². The van der Waals surface area contributed by atoms with Crippen molar-refractivity contribution in [2.45, 2.75) is 31.6 Å². The molecular formula is C29H30P2. The van der Waals surface area contributed by atoms with Crippen molar-refractivity contribution >= 4 is 37.1 Å². The Kier molecular flexibility index (Phi) is 7.34. The number of benzene rings is 4. The monoisotopic (exact) mass is 440 g/mol. The zero-order valence-corrected chi connectivity index (χ0v) is 20.1. The smallest absolute Gasteiger partial charge is 0.0261 e. The lowest BCUT2D eigenvalue weighted by atomic mass is 10.2. The van der Waals surface area contributed by atoms with E-state index in [0.717, 1.165) is 12.8 Å². The summed E-state index contributed by atoms with van der Waals surface area (Å²) in [4.78, 5) is 0.163. The molecule has 0 heterocycles. The number of hydrogen-bond donors (Lipinski definition) is 0. The molecule has 156 valence electrons. The molecule has 0 radical (unpaired) electrons. The molecule has 0 unspecified atom stereocenters. The van der Waals surface area contributed by atoms with Crippen LogP contribution in [-0.4, -0.2) is 4.90 Å². The van der Waals surface area contributed by atoms with E-state index in [1.165, 1.54) is 21.2 Å². The molecule has 0 fully saturated rings. The average molecular weight is 441 g/mol. The third-order valence-electron chi connectivity index (χ3n) is 6.02. The Morgan fingerprint density at radius 1 is 0.419 bits per heavy atom. The van der Waals surface area contributed by atoms with Crippen LogP contribution in [0, 0.1) is 0 Å². The molecule has 4 aromatic rings. The zero-order chi connectivity index (χ0) is 21.5. The summed E-state index contributed by atoms with van der Waals surface area (Å²) >= 11 is 0. The second-order valence-corrected chi connectivity index (χ2v) is 13.2. The van der Waals surface area contributed by atoms with Crippen LogP contribution in [0.2, 0.25) is 0 Å². The Morgan fingerprint density at radius 3 is 0.839 bits per heavy atom. The summed E-state index contributed by atoms with van der Waals surface area (Å²) in [6.45, 7) is 4.82. The molecular weight excluding hydrogens is 410 g/mol. The molecule has 0 saturated carbocycles. The maximum absolute atomic E-state index is 2.41. The van der Waals surface area contributed by atoms with Gasteiger partial charge in [-0.05, 0) is 49.9 Å². The number of hydrogen-bond acceptors (Lipinski definition) is 0. The van der Waals surface area contributed by atoms with Crippen LogP contribution < -0.4 is 21.2 Å². The first-order chi connectivity index (χ1) is 15.3. The third-order valence-corrected chi connectivity index (χ3v) is 13.4. The predicted molar refractivity (Wildman–Crippen MR) is 141 cm³/mol. The Balaban J connectivity index is 2.00. The van der Waals surface area contributed by atoms with Gasteiger partial charge in [0.25, 0.3) is 0 Å². The van der Waals surface area contributed by atoms with E-state index >= 15 is 0 Å². The molecule has 4 aromatic carbocycles. The molecule has 0 aliphatic carbocycles. The van der Waals surface area contributed by atoms with Crippen molar-refractivity contribution in [1.82, 2.24) is 0 Å². The fourth-order valence-corrected chi connectivity index (χ4v) is 12.4. The molecule has 0 aliphatic rings. The fraction of sp³-hybridized carbons (Fsp3) is 0.172. The van der Waals surface area contributed by atoms with Gasteiger partial charge >= 0.3 is 0 Å². The van der Waals surface area contributed by atoms with Crippen molar-refractivity contribution in [2.24, 2.45) is 0 Å². The van der Waals surface area contributed by atoms with Crippen molar-refractivity contribution in [2.75, 3.05) is 0 Å². The maximum Gasteiger partial charge on any atom is 0.0261 e. The van der Waals surface area contributed by atoms with Crippen LogP contribution in [0.15, 0.2) is 121 Å². The standard InChI is InChI=1S/C29H30P2/c1-3-29(4-2,30(25-17-9-5-10-18-25)26-19-11-6-12-20-26)31(27-21-13-7-14-22-27)28-23-15-8-16-24-28/h5-24H,3-4H2,1-2H3. The van der Waals surface area contributed by atoms with Gasteiger partial charge in [-0.15, -0.1) is 0 Å². The van der Waals surface area contributed by atoms with Gasteiger partial charge in [0.1, 0.15) is 0 Å². The third kappa shape index (κ3) is 4.52. The van der Waals surface area contributed by atoms with E-state index in [9.17, 15) is 0 Å². The SMILES string of the molecule is CCC(CC)(P(c1ccccc1)c1ccccc1)P(c1ccccc1)c1ccccc1. The lowest BCUT2D eigenvalue weighted by Gasteiger charge is -2.47. The average Bonchev–Trinajstić information content (AvgIpc) is 2.86. The first-order valence-electron chi connectivity index (χ1n) is 11.1. The Bertz CT molecular complexity index is 879. The second-order valence-electron chi connectivity index (χ2n) is 7.70. The summed E-state index contributed by atoms with van der Waals surface area (Å²) in [5.74, 6) is 0. The first kappa shape index (κ1) is 22.0. The van der Waals surface area contributed by atoms with Crippen LogP contribution >= 0.6 is 15.8 Å². The van der Waals surface area contributed by atoms with Crippen molar-refractivity contribution in [3.63, 3.8) is 0 Å².